The van der Waals surface area contributed by atoms with E-state index in [0.717, 1.165) is 18.0 Å². The van der Waals surface area contributed by atoms with Crippen LogP contribution < -0.4 is 0 Å². The minimum atomic E-state index is -2.03. The van der Waals surface area contributed by atoms with Crippen LogP contribution in [0, 0.1) is 5.41 Å². The number of hydrogen-bond acceptors (Lipinski definition) is 5. The number of hydrogen-bond donors (Lipinski definition) is 1. The fourth-order valence-electron chi connectivity index (χ4n) is 3.64. The van der Waals surface area contributed by atoms with Crippen molar-refractivity contribution in [1.29, 1.82) is 0 Å². The van der Waals surface area contributed by atoms with E-state index in [0.29, 0.717) is 19.6 Å². The molecule has 0 unspecified atom stereocenters. The molecule has 1 aromatic rings. The second-order valence-corrected chi connectivity index (χ2v) is 15.8. The van der Waals surface area contributed by atoms with E-state index in [-0.39, 0.29) is 11.2 Å². The Labute approximate surface area is 183 Å². The summed E-state index contributed by atoms with van der Waals surface area (Å²) in [5.41, 5.74) is 0.815. The van der Waals surface area contributed by atoms with Gasteiger partial charge in [-0.05, 0) is 31.2 Å². The summed E-state index contributed by atoms with van der Waals surface area (Å²) < 4.78 is 17.7. The van der Waals surface area contributed by atoms with Gasteiger partial charge in [-0.1, -0.05) is 76.7 Å². The van der Waals surface area contributed by atoms with Crippen LogP contribution in [-0.2, 0) is 25.6 Å². The molecule has 1 saturated heterocycles. The molecule has 1 aliphatic rings. The zero-order chi connectivity index (χ0) is 22.6. The maximum atomic E-state index is 13.3. The van der Waals surface area contributed by atoms with Crippen LogP contribution in [0.5, 0.6) is 0 Å². The summed E-state index contributed by atoms with van der Waals surface area (Å²) in [7, 11) is -2.03. The van der Waals surface area contributed by atoms with Gasteiger partial charge in [-0.25, -0.2) is 0 Å². The van der Waals surface area contributed by atoms with Crippen molar-refractivity contribution in [2.24, 2.45) is 5.41 Å². The molecule has 1 heterocycles. The lowest BCUT2D eigenvalue weighted by atomic mass is 9.94. The number of ketones is 1. The van der Waals surface area contributed by atoms with Crippen molar-refractivity contribution in [3.8, 4) is 0 Å². The van der Waals surface area contributed by atoms with E-state index in [9.17, 15) is 9.90 Å². The van der Waals surface area contributed by atoms with E-state index in [1.54, 1.807) is 0 Å². The van der Waals surface area contributed by atoms with Crippen LogP contribution in [-0.4, -0.2) is 49.3 Å². The number of carbonyl (C=O) groups is 1. The average molecular weight is 437 g/mol. The highest BCUT2D eigenvalue weighted by atomic mass is 28.3. The van der Waals surface area contributed by atoms with Gasteiger partial charge in [-0.3, -0.25) is 4.79 Å². The number of benzene rings is 1. The zero-order valence-electron chi connectivity index (χ0n) is 19.7. The van der Waals surface area contributed by atoms with Crippen molar-refractivity contribution < 1.29 is 24.1 Å². The van der Waals surface area contributed by atoms with Crippen LogP contribution in [0.15, 0.2) is 30.3 Å². The van der Waals surface area contributed by atoms with Crippen molar-refractivity contribution in [2.45, 2.75) is 96.9 Å². The summed E-state index contributed by atoms with van der Waals surface area (Å²) in [5, 5.41) is 10.8. The first-order valence-electron chi connectivity index (χ1n) is 11.0. The van der Waals surface area contributed by atoms with E-state index in [1.807, 2.05) is 44.2 Å². The Morgan fingerprint density at radius 3 is 2.40 bits per heavy atom. The topological polar surface area (TPSA) is 65.0 Å². The molecular formula is C24H40O5Si. The number of ether oxygens (including phenoxy) is 3. The van der Waals surface area contributed by atoms with Crippen LogP contribution in [0.4, 0.5) is 0 Å². The fourth-order valence-corrected chi connectivity index (χ4v) is 6.84. The quantitative estimate of drug-likeness (QED) is 0.448. The SMILES string of the molecule is CC(C)(C)CC[Si](C)(C)[C@@H]1OC(C)(C)O[C@@H]([C@@H](O)CCOCc2ccccc2)C1=O. The molecule has 0 aromatic heterocycles. The third-order valence-corrected chi connectivity index (χ3v) is 8.96. The molecule has 1 fully saturated rings. The van der Waals surface area contributed by atoms with Gasteiger partial charge in [0.1, 0.15) is 11.8 Å². The molecular weight excluding hydrogens is 396 g/mol. The summed E-state index contributed by atoms with van der Waals surface area (Å²) in [6.07, 6.45) is -0.399. The first-order valence-corrected chi connectivity index (χ1v) is 14.3. The van der Waals surface area contributed by atoms with Gasteiger partial charge in [0.05, 0.1) is 20.8 Å². The summed E-state index contributed by atoms with van der Waals surface area (Å²) in [6, 6.07) is 10.9. The molecule has 30 heavy (non-hydrogen) atoms. The first kappa shape index (κ1) is 25.2. The van der Waals surface area contributed by atoms with E-state index >= 15 is 0 Å². The van der Waals surface area contributed by atoms with E-state index in [2.05, 4.69) is 33.9 Å². The lowest BCUT2D eigenvalue weighted by molar-refractivity contribution is -0.280. The number of rotatable bonds is 9. The van der Waals surface area contributed by atoms with Gasteiger partial charge in [-0.2, -0.15) is 0 Å². The predicted octanol–water partition coefficient (Wildman–Crippen LogP) is 4.73. The number of carbonyl (C=O) groups excluding carboxylic acids is 1. The molecule has 0 bridgehead atoms. The number of Topliss-reactive ketones (excluding diaryl/α,β-unsaturated/α-hetero) is 1. The predicted molar refractivity (Wildman–Crippen MR) is 122 cm³/mol. The van der Waals surface area contributed by atoms with Crippen LogP contribution in [0.3, 0.4) is 0 Å². The Morgan fingerprint density at radius 2 is 1.80 bits per heavy atom. The fraction of sp³-hybridized carbons (Fsp3) is 0.708. The van der Waals surface area contributed by atoms with Gasteiger partial charge in [0, 0.05) is 6.61 Å². The Balaban J connectivity index is 1.97. The van der Waals surface area contributed by atoms with E-state index in [1.165, 1.54) is 0 Å². The monoisotopic (exact) mass is 436 g/mol. The van der Waals surface area contributed by atoms with Crippen molar-refractivity contribution in [3.05, 3.63) is 35.9 Å². The van der Waals surface area contributed by atoms with Gasteiger partial charge < -0.3 is 19.3 Å². The van der Waals surface area contributed by atoms with Crippen molar-refractivity contribution in [3.63, 3.8) is 0 Å². The van der Waals surface area contributed by atoms with Gasteiger partial charge in [0.2, 0.25) is 0 Å². The first-order chi connectivity index (χ1) is 13.8. The van der Waals surface area contributed by atoms with Crippen molar-refractivity contribution >= 4 is 13.9 Å². The molecule has 6 heteroatoms. The van der Waals surface area contributed by atoms with Crippen LogP contribution in [0.1, 0.15) is 53.0 Å². The molecule has 0 saturated carbocycles. The molecule has 0 aliphatic carbocycles. The number of aliphatic hydroxyl groups is 1. The summed E-state index contributed by atoms with van der Waals surface area (Å²) in [5.74, 6) is -1.02. The second-order valence-electron chi connectivity index (χ2n) is 10.8. The van der Waals surface area contributed by atoms with E-state index in [4.69, 9.17) is 14.2 Å². The summed E-state index contributed by atoms with van der Waals surface area (Å²) in [4.78, 5) is 13.3. The lowest BCUT2D eigenvalue weighted by Crippen LogP contribution is -2.63. The van der Waals surface area contributed by atoms with Crippen molar-refractivity contribution in [2.75, 3.05) is 6.61 Å². The van der Waals surface area contributed by atoms with Gasteiger partial charge in [0.25, 0.3) is 0 Å². The van der Waals surface area contributed by atoms with Gasteiger partial charge in [0.15, 0.2) is 11.6 Å². The Kier molecular flexibility index (Phi) is 8.44. The molecule has 1 aliphatic heterocycles. The average Bonchev–Trinajstić information content (AvgIpc) is 2.65. The van der Waals surface area contributed by atoms with Crippen molar-refractivity contribution in [1.82, 2.24) is 0 Å². The maximum absolute atomic E-state index is 13.3. The zero-order valence-corrected chi connectivity index (χ0v) is 20.7. The third kappa shape index (κ3) is 7.57. The second kappa shape index (κ2) is 10.0. The summed E-state index contributed by atoms with van der Waals surface area (Å²) >= 11 is 0. The smallest absolute Gasteiger partial charge is 0.189 e. The summed E-state index contributed by atoms with van der Waals surface area (Å²) in [6.45, 7) is 15.6. The molecule has 3 atom stereocenters. The Hall–Kier alpha value is -1.05. The Morgan fingerprint density at radius 1 is 1.17 bits per heavy atom. The van der Waals surface area contributed by atoms with Crippen LogP contribution >= 0.6 is 0 Å². The molecule has 170 valence electrons. The minimum absolute atomic E-state index is 0.115. The van der Waals surface area contributed by atoms with Crippen LogP contribution in [0.2, 0.25) is 19.1 Å². The molecule has 0 radical (unpaired) electrons. The van der Waals surface area contributed by atoms with Gasteiger partial charge in [-0.15, -0.1) is 0 Å². The molecule has 0 amide bonds. The minimum Gasteiger partial charge on any atom is -0.390 e. The molecule has 0 spiro atoms. The molecule has 2 rings (SSSR count). The number of aliphatic hydroxyl groups excluding tert-OH is 1. The third-order valence-electron chi connectivity index (χ3n) is 5.60. The highest BCUT2D eigenvalue weighted by molar-refractivity contribution is 6.81. The molecule has 1 aromatic carbocycles. The Bertz CT molecular complexity index is 681. The van der Waals surface area contributed by atoms with E-state index < -0.39 is 31.8 Å². The standard InChI is InChI=1S/C24H40O5Si/c1-23(2,3)14-16-30(6,7)22-20(26)21(28-24(4,5)29-22)19(25)13-15-27-17-18-11-9-8-10-12-18/h8-12,19,21-22,25H,13-17H2,1-7H3/t19-,21-,22-/m0/s1. The highest BCUT2D eigenvalue weighted by Crippen LogP contribution is 2.35. The lowest BCUT2D eigenvalue weighted by Gasteiger charge is -2.46. The van der Waals surface area contributed by atoms with Gasteiger partial charge >= 0.3 is 0 Å². The highest BCUT2D eigenvalue weighted by Gasteiger charge is 2.51. The molecule has 5 nitrogen and oxygen atoms in total. The normalized spacial score (nSPS) is 23.4. The molecule has 1 N–H and O–H groups in total. The van der Waals surface area contributed by atoms with Crippen LogP contribution in [0.25, 0.3) is 0 Å². The maximum Gasteiger partial charge on any atom is 0.189 e. The largest absolute Gasteiger partial charge is 0.390 e.